The summed E-state index contributed by atoms with van der Waals surface area (Å²) in [6.07, 6.45) is 7.31. The predicted octanol–water partition coefficient (Wildman–Crippen LogP) is 2.61. The van der Waals surface area contributed by atoms with Crippen molar-refractivity contribution in [2.45, 2.75) is 103 Å². The Morgan fingerprint density at radius 2 is 1.77 bits per heavy atom. The number of hydrogen-bond donors (Lipinski definition) is 2. The van der Waals surface area contributed by atoms with Gasteiger partial charge in [-0.2, -0.15) is 10.1 Å². The Kier molecular flexibility index (Phi) is 11.5. The van der Waals surface area contributed by atoms with Gasteiger partial charge in [-0.25, -0.2) is 9.31 Å². The van der Waals surface area contributed by atoms with Gasteiger partial charge in [-0.05, 0) is 69.1 Å². The molecular formula is C35H43KN6O5. The summed E-state index contributed by atoms with van der Waals surface area (Å²) in [6.45, 7) is 7.72. The Morgan fingerprint density at radius 1 is 1.06 bits per heavy atom. The molecule has 2 aromatic carbocycles. The van der Waals surface area contributed by atoms with E-state index in [9.17, 15) is 14.7 Å². The van der Waals surface area contributed by atoms with Gasteiger partial charge in [0, 0.05) is 23.6 Å². The zero-order valence-corrected chi connectivity index (χ0v) is 31.0. The molecule has 0 spiro atoms. The van der Waals surface area contributed by atoms with Crippen LogP contribution < -0.4 is 62.7 Å². The van der Waals surface area contributed by atoms with E-state index >= 15 is 0 Å². The van der Waals surface area contributed by atoms with Crippen LogP contribution in [0.4, 0.5) is 0 Å². The molecule has 1 unspecified atom stereocenters. The number of nitrogens with one attached hydrogen (secondary N) is 1. The Balaban J connectivity index is 0.00000260. The molecule has 5 aromatic rings. The number of nitrogens with zero attached hydrogens (tertiary/aromatic N) is 5. The van der Waals surface area contributed by atoms with E-state index in [4.69, 9.17) is 9.26 Å². The fourth-order valence-corrected chi connectivity index (χ4v) is 6.81. The first-order valence-electron chi connectivity index (χ1n) is 16.3. The van der Waals surface area contributed by atoms with Gasteiger partial charge in [0.25, 0.3) is 5.56 Å². The van der Waals surface area contributed by atoms with Gasteiger partial charge in [-0.3, -0.25) is 18.9 Å². The van der Waals surface area contributed by atoms with Crippen LogP contribution in [-0.2, 0) is 17.6 Å². The number of fused-ring (bicyclic) bond motifs is 1. The van der Waals surface area contributed by atoms with Gasteiger partial charge >= 0.3 is 57.1 Å². The molecule has 2 N–H and O–H groups in total. The van der Waals surface area contributed by atoms with Gasteiger partial charge in [0.2, 0.25) is 5.78 Å². The first-order valence-corrected chi connectivity index (χ1v) is 16.3. The molecular weight excluding hydrogens is 624 g/mol. The SMILES string of the molecule is CCCc1c(Cc2ccc(-c3ccccc3-c3noc(=O)[nH]3)cc2)c(=O)n(C2CCC(OC(CC)C(C)(C)O)CC2)c2ncnn12.[H-].[K+]. The second kappa shape index (κ2) is 15.2. The standard InChI is InChI=1S/C35H42N6O5.K.H/c1-5-9-29-28(20-22-12-14-23(15-13-22)26-10-7-8-11-27(26)31-38-34(43)46-39-31)32(42)40(33-36-21-37-41(29)33)24-16-18-25(19-17-24)45-30(6-2)35(3,4)44;;/h7-8,10-15,21,24-25,30,44H,5-6,9,16-20H2,1-4H3,(H,38,39,43);;/q;+1;-1. The summed E-state index contributed by atoms with van der Waals surface area (Å²) in [6, 6.07) is 15.8. The van der Waals surface area contributed by atoms with Crippen molar-refractivity contribution in [1.29, 1.82) is 0 Å². The second-order valence-corrected chi connectivity index (χ2v) is 12.8. The van der Waals surface area contributed by atoms with Crippen LogP contribution >= 0.6 is 0 Å². The van der Waals surface area contributed by atoms with Crippen molar-refractivity contribution in [3.8, 4) is 22.5 Å². The average Bonchev–Trinajstić information content (AvgIpc) is 3.71. The van der Waals surface area contributed by atoms with Gasteiger partial charge in [0.15, 0.2) is 5.82 Å². The van der Waals surface area contributed by atoms with Crippen molar-refractivity contribution in [2.75, 3.05) is 0 Å². The summed E-state index contributed by atoms with van der Waals surface area (Å²) in [7, 11) is 0. The van der Waals surface area contributed by atoms with E-state index in [0.717, 1.165) is 72.0 Å². The number of aliphatic hydroxyl groups is 1. The van der Waals surface area contributed by atoms with E-state index in [1.54, 1.807) is 13.8 Å². The van der Waals surface area contributed by atoms with Gasteiger partial charge in [0.05, 0.1) is 23.5 Å². The molecule has 1 atom stereocenters. The van der Waals surface area contributed by atoms with Crippen molar-refractivity contribution in [3.05, 3.63) is 92.6 Å². The van der Waals surface area contributed by atoms with Crippen LogP contribution in [0.5, 0.6) is 0 Å². The summed E-state index contributed by atoms with van der Waals surface area (Å²) in [4.78, 5) is 33.2. The first-order chi connectivity index (χ1) is 22.2. The zero-order chi connectivity index (χ0) is 32.4. The fraction of sp³-hybridized carbons (Fsp3) is 0.457. The van der Waals surface area contributed by atoms with Crippen molar-refractivity contribution in [2.24, 2.45) is 0 Å². The molecule has 0 bridgehead atoms. The van der Waals surface area contributed by atoms with E-state index in [1.165, 1.54) is 6.33 Å². The number of aromatic nitrogens is 6. The number of rotatable bonds is 11. The minimum atomic E-state index is -0.904. The molecule has 12 heteroatoms. The summed E-state index contributed by atoms with van der Waals surface area (Å²) < 4.78 is 14.8. The Bertz CT molecular complexity index is 1920. The van der Waals surface area contributed by atoms with Crippen LogP contribution in [0.2, 0.25) is 0 Å². The van der Waals surface area contributed by atoms with Gasteiger partial charge < -0.3 is 11.3 Å². The summed E-state index contributed by atoms with van der Waals surface area (Å²) in [5.74, 6) is 0.358. The topological polar surface area (TPSA) is 141 Å². The maximum absolute atomic E-state index is 14.4. The fourth-order valence-electron chi connectivity index (χ4n) is 6.81. The largest absolute Gasteiger partial charge is 1.00 e. The molecule has 0 aliphatic heterocycles. The van der Waals surface area contributed by atoms with Crippen molar-refractivity contribution < 1.29 is 67.2 Å². The Labute approximate surface area is 317 Å². The third-order valence-electron chi connectivity index (χ3n) is 9.11. The number of aromatic amines is 1. The van der Waals surface area contributed by atoms with Gasteiger partial charge in [-0.1, -0.05) is 74.0 Å². The van der Waals surface area contributed by atoms with E-state index in [-0.39, 0.29) is 76.6 Å². The van der Waals surface area contributed by atoms with E-state index < -0.39 is 11.4 Å². The van der Waals surface area contributed by atoms with Gasteiger partial charge in [0.1, 0.15) is 6.33 Å². The molecule has 11 nitrogen and oxygen atoms in total. The summed E-state index contributed by atoms with van der Waals surface area (Å²) >= 11 is 0. The van der Waals surface area contributed by atoms with Crippen LogP contribution in [0.3, 0.4) is 0 Å². The van der Waals surface area contributed by atoms with Crippen molar-refractivity contribution in [3.63, 3.8) is 0 Å². The van der Waals surface area contributed by atoms with Gasteiger partial charge in [-0.15, -0.1) is 0 Å². The number of aryl methyl sites for hydroxylation is 1. The average molecular weight is 667 g/mol. The normalized spacial score (nSPS) is 17.5. The molecule has 47 heavy (non-hydrogen) atoms. The molecule has 0 amide bonds. The Morgan fingerprint density at radius 3 is 2.38 bits per heavy atom. The van der Waals surface area contributed by atoms with E-state index in [2.05, 4.69) is 27.1 Å². The third-order valence-corrected chi connectivity index (χ3v) is 9.11. The van der Waals surface area contributed by atoms with Crippen molar-refractivity contribution in [1.82, 2.24) is 29.3 Å². The molecule has 1 saturated carbocycles. The predicted molar refractivity (Wildman–Crippen MR) is 176 cm³/mol. The molecule has 1 aliphatic carbocycles. The summed E-state index contributed by atoms with van der Waals surface area (Å²) in [5.41, 5.74) is 4.34. The maximum atomic E-state index is 14.4. The number of hydrogen-bond acceptors (Lipinski definition) is 8. The molecule has 3 heterocycles. The maximum Gasteiger partial charge on any atom is 1.00 e. The first kappa shape index (κ1) is 35.6. The van der Waals surface area contributed by atoms with Crippen LogP contribution in [0, 0.1) is 0 Å². The number of H-pyrrole nitrogens is 1. The molecule has 1 aliphatic rings. The molecule has 244 valence electrons. The molecule has 0 radical (unpaired) electrons. The van der Waals surface area contributed by atoms with Crippen molar-refractivity contribution >= 4 is 5.78 Å². The zero-order valence-electron chi connectivity index (χ0n) is 28.9. The molecule has 6 rings (SSSR count). The summed E-state index contributed by atoms with van der Waals surface area (Å²) in [5, 5.41) is 19.0. The number of benzene rings is 2. The van der Waals surface area contributed by atoms with Crippen LogP contribution in [0.25, 0.3) is 28.3 Å². The monoisotopic (exact) mass is 666 g/mol. The molecule has 1 fully saturated rings. The van der Waals surface area contributed by atoms with Crippen LogP contribution in [0.15, 0.2) is 69.0 Å². The number of ether oxygens (including phenoxy) is 1. The minimum absolute atomic E-state index is 0. The smallest absolute Gasteiger partial charge is 1.00 e. The minimum Gasteiger partial charge on any atom is -1.00 e. The third kappa shape index (κ3) is 7.64. The van der Waals surface area contributed by atoms with E-state index in [0.29, 0.717) is 24.4 Å². The second-order valence-electron chi connectivity index (χ2n) is 12.8. The van der Waals surface area contributed by atoms with Crippen LogP contribution in [-0.4, -0.2) is 52.2 Å². The quantitative estimate of drug-likeness (QED) is 0.205. The molecule has 3 aromatic heterocycles. The van der Waals surface area contributed by atoms with E-state index in [1.807, 2.05) is 64.5 Å². The Hall–Kier alpha value is -2.71. The molecule has 0 saturated heterocycles. The van der Waals surface area contributed by atoms with Crippen LogP contribution in [0.1, 0.15) is 90.5 Å².